The summed E-state index contributed by atoms with van der Waals surface area (Å²) in [7, 11) is 1.63. The molecule has 0 radical (unpaired) electrons. The standard InChI is InChI=1S/C21H24N2O3/c1-3-22-21(25)19-14-16-6-4-5-7-18(16)23(19)20(24)13-10-15-8-11-17(26-2)12-9-15/h4-9,11-12,19H,3,10,13-14H2,1-2H3,(H,22,25). The average Bonchev–Trinajstić information content (AvgIpc) is 3.06. The Kier molecular flexibility index (Phi) is 5.56. The molecule has 0 saturated carbocycles. The van der Waals surface area contributed by atoms with Gasteiger partial charge in [0.15, 0.2) is 0 Å². The van der Waals surface area contributed by atoms with E-state index in [1.807, 2.05) is 55.5 Å². The van der Waals surface area contributed by atoms with E-state index in [1.165, 1.54) is 0 Å². The summed E-state index contributed by atoms with van der Waals surface area (Å²) in [4.78, 5) is 27.1. The second-order valence-electron chi connectivity index (χ2n) is 6.36. The summed E-state index contributed by atoms with van der Waals surface area (Å²) in [5, 5.41) is 2.85. The number of hydrogen-bond acceptors (Lipinski definition) is 3. The van der Waals surface area contributed by atoms with Gasteiger partial charge in [0.1, 0.15) is 11.8 Å². The van der Waals surface area contributed by atoms with Crippen molar-refractivity contribution in [1.82, 2.24) is 5.32 Å². The van der Waals surface area contributed by atoms with Crippen molar-refractivity contribution in [2.24, 2.45) is 0 Å². The third kappa shape index (κ3) is 3.72. The van der Waals surface area contributed by atoms with E-state index in [0.29, 0.717) is 25.8 Å². The molecule has 1 aliphatic heterocycles. The lowest BCUT2D eigenvalue weighted by Gasteiger charge is -2.25. The molecule has 1 unspecified atom stereocenters. The number of amides is 2. The normalized spacial score (nSPS) is 15.5. The van der Waals surface area contributed by atoms with Gasteiger partial charge in [-0.05, 0) is 42.7 Å². The number of rotatable bonds is 6. The van der Waals surface area contributed by atoms with E-state index in [-0.39, 0.29) is 11.8 Å². The van der Waals surface area contributed by atoms with Gasteiger partial charge < -0.3 is 10.1 Å². The molecule has 0 aliphatic carbocycles. The Morgan fingerprint density at radius 2 is 1.88 bits per heavy atom. The van der Waals surface area contributed by atoms with Crippen LogP contribution in [0, 0.1) is 0 Å². The monoisotopic (exact) mass is 352 g/mol. The fraction of sp³-hybridized carbons (Fsp3) is 0.333. The Morgan fingerprint density at radius 3 is 2.58 bits per heavy atom. The molecule has 2 aromatic carbocycles. The lowest BCUT2D eigenvalue weighted by atomic mass is 10.1. The molecule has 1 atom stereocenters. The first-order chi connectivity index (χ1) is 12.6. The topological polar surface area (TPSA) is 58.6 Å². The zero-order valence-electron chi connectivity index (χ0n) is 15.2. The molecular weight excluding hydrogens is 328 g/mol. The molecule has 5 heteroatoms. The average molecular weight is 352 g/mol. The summed E-state index contributed by atoms with van der Waals surface area (Å²) < 4.78 is 5.16. The first-order valence-corrected chi connectivity index (χ1v) is 8.94. The highest BCUT2D eigenvalue weighted by Crippen LogP contribution is 2.33. The second kappa shape index (κ2) is 8.04. The lowest BCUT2D eigenvalue weighted by Crippen LogP contribution is -2.48. The van der Waals surface area contributed by atoms with Gasteiger partial charge >= 0.3 is 0 Å². The van der Waals surface area contributed by atoms with E-state index in [0.717, 1.165) is 22.6 Å². The third-order valence-corrected chi connectivity index (χ3v) is 4.69. The molecule has 26 heavy (non-hydrogen) atoms. The van der Waals surface area contributed by atoms with Gasteiger partial charge in [0.25, 0.3) is 0 Å². The van der Waals surface area contributed by atoms with Gasteiger partial charge in [-0.15, -0.1) is 0 Å². The minimum absolute atomic E-state index is 0.0259. The van der Waals surface area contributed by atoms with Crippen LogP contribution in [0.15, 0.2) is 48.5 Å². The van der Waals surface area contributed by atoms with Crippen molar-refractivity contribution in [3.8, 4) is 5.75 Å². The number of hydrogen-bond donors (Lipinski definition) is 1. The van der Waals surface area contributed by atoms with Crippen LogP contribution in [0.3, 0.4) is 0 Å². The molecule has 2 aromatic rings. The third-order valence-electron chi connectivity index (χ3n) is 4.69. The number of anilines is 1. The van der Waals surface area contributed by atoms with Gasteiger partial charge in [0.05, 0.1) is 7.11 Å². The van der Waals surface area contributed by atoms with E-state index in [2.05, 4.69) is 5.32 Å². The largest absolute Gasteiger partial charge is 0.497 e. The fourth-order valence-corrected chi connectivity index (χ4v) is 3.36. The van der Waals surface area contributed by atoms with Crippen LogP contribution in [-0.4, -0.2) is 31.5 Å². The van der Waals surface area contributed by atoms with Crippen molar-refractivity contribution in [3.05, 3.63) is 59.7 Å². The number of methoxy groups -OCH3 is 1. The molecule has 0 spiro atoms. The Hall–Kier alpha value is -2.82. The van der Waals surface area contributed by atoms with Crippen LogP contribution in [0.2, 0.25) is 0 Å². The molecule has 0 fully saturated rings. The Labute approximate surface area is 154 Å². The fourth-order valence-electron chi connectivity index (χ4n) is 3.36. The maximum atomic E-state index is 12.9. The van der Waals surface area contributed by atoms with Crippen molar-refractivity contribution in [1.29, 1.82) is 0 Å². The van der Waals surface area contributed by atoms with Crippen LogP contribution >= 0.6 is 0 Å². The van der Waals surface area contributed by atoms with Crippen LogP contribution in [-0.2, 0) is 22.4 Å². The number of ether oxygens (including phenoxy) is 1. The second-order valence-corrected chi connectivity index (χ2v) is 6.36. The van der Waals surface area contributed by atoms with Crippen molar-refractivity contribution < 1.29 is 14.3 Å². The summed E-state index contributed by atoms with van der Waals surface area (Å²) in [5.41, 5.74) is 2.96. The lowest BCUT2D eigenvalue weighted by molar-refractivity contribution is -0.126. The molecule has 3 rings (SSSR count). The molecule has 1 N–H and O–H groups in total. The van der Waals surface area contributed by atoms with E-state index in [1.54, 1.807) is 12.0 Å². The smallest absolute Gasteiger partial charge is 0.243 e. The summed E-state index contributed by atoms with van der Waals surface area (Å²) in [6.45, 7) is 2.44. The Morgan fingerprint density at radius 1 is 1.15 bits per heavy atom. The molecular formula is C21H24N2O3. The van der Waals surface area contributed by atoms with Gasteiger partial charge in [-0.3, -0.25) is 14.5 Å². The van der Waals surface area contributed by atoms with E-state index in [4.69, 9.17) is 4.74 Å². The zero-order chi connectivity index (χ0) is 18.5. The molecule has 0 aromatic heterocycles. The number of para-hydroxylation sites is 1. The molecule has 0 bridgehead atoms. The number of likely N-dealkylation sites (N-methyl/N-ethyl adjacent to an activating group) is 1. The number of carbonyl (C=O) groups excluding carboxylic acids is 2. The number of carbonyl (C=O) groups is 2. The summed E-state index contributed by atoms with van der Waals surface area (Å²) in [6, 6.07) is 15.0. The van der Waals surface area contributed by atoms with Gasteiger partial charge in [-0.2, -0.15) is 0 Å². The quantitative estimate of drug-likeness (QED) is 0.870. The molecule has 5 nitrogen and oxygen atoms in total. The highest BCUT2D eigenvalue weighted by molar-refractivity contribution is 6.03. The minimum Gasteiger partial charge on any atom is -0.497 e. The van der Waals surface area contributed by atoms with Crippen LogP contribution in [0.25, 0.3) is 0 Å². The van der Waals surface area contributed by atoms with Crippen molar-refractivity contribution >= 4 is 17.5 Å². The number of benzene rings is 2. The maximum Gasteiger partial charge on any atom is 0.243 e. The first-order valence-electron chi connectivity index (χ1n) is 8.94. The zero-order valence-corrected chi connectivity index (χ0v) is 15.2. The minimum atomic E-state index is -0.462. The predicted octanol–water partition coefficient (Wildman–Crippen LogP) is 2.72. The number of aryl methyl sites for hydroxylation is 1. The number of nitrogens with zero attached hydrogens (tertiary/aromatic N) is 1. The maximum absolute atomic E-state index is 12.9. The summed E-state index contributed by atoms with van der Waals surface area (Å²) in [5.74, 6) is 0.674. The van der Waals surface area contributed by atoms with Gasteiger partial charge in [-0.25, -0.2) is 0 Å². The molecule has 1 heterocycles. The summed E-state index contributed by atoms with van der Waals surface area (Å²) in [6.07, 6.45) is 1.55. The van der Waals surface area contributed by atoms with Crippen LogP contribution in [0.1, 0.15) is 24.5 Å². The van der Waals surface area contributed by atoms with E-state index < -0.39 is 6.04 Å². The van der Waals surface area contributed by atoms with Gasteiger partial charge in [0, 0.05) is 25.1 Å². The van der Waals surface area contributed by atoms with Crippen molar-refractivity contribution in [2.45, 2.75) is 32.2 Å². The predicted molar refractivity (Wildman–Crippen MR) is 101 cm³/mol. The molecule has 1 aliphatic rings. The van der Waals surface area contributed by atoms with Gasteiger partial charge in [-0.1, -0.05) is 30.3 Å². The van der Waals surface area contributed by atoms with E-state index in [9.17, 15) is 9.59 Å². The van der Waals surface area contributed by atoms with Crippen LogP contribution in [0.4, 0.5) is 5.69 Å². The summed E-state index contributed by atoms with van der Waals surface area (Å²) >= 11 is 0. The number of nitrogens with one attached hydrogen (secondary N) is 1. The van der Waals surface area contributed by atoms with Crippen LogP contribution in [0.5, 0.6) is 5.75 Å². The molecule has 2 amide bonds. The number of fused-ring (bicyclic) bond motifs is 1. The Bertz CT molecular complexity index is 786. The van der Waals surface area contributed by atoms with Crippen LogP contribution < -0.4 is 15.0 Å². The van der Waals surface area contributed by atoms with E-state index >= 15 is 0 Å². The van der Waals surface area contributed by atoms with Gasteiger partial charge in [0.2, 0.25) is 11.8 Å². The van der Waals surface area contributed by atoms with Crippen molar-refractivity contribution in [2.75, 3.05) is 18.6 Å². The Balaban J connectivity index is 1.74. The molecule has 136 valence electrons. The highest BCUT2D eigenvalue weighted by Gasteiger charge is 2.37. The SMILES string of the molecule is CCNC(=O)C1Cc2ccccc2N1C(=O)CCc1ccc(OC)cc1. The van der Waals surface area contributed by atoms with Crippen molar-refractivity contribution in [3.63, 3.8) is 0 Å². The molecule has 0 saturated heterocycles. The first kappa shape index (κ1) is 18.0. The highest BCUT2D eigenvalue weighted by atomic mass is 16.5.